The first-order valence-corrected chi connectivity index (χ1v) is 10.2. The molecule has 1 aliphatic rings. The number of halogens is 1. The van der Waals surface area contributed by atoms with Gasteiger partial charge in [0.1, 0.15) is 0 Å². The second-order valence-corrected chi connectivity index (χ2v) is 8.62. The number of rotatable bonds is 5. The highest BCUT2D eigenvalue weighted by Crippen LogP contribution is 2.32. The highest BCUT2D eigenvalue weighted by atomic mass is 35.5. The first-order valence-electron chi connectivity index (χ1n) is 8.35. The molecule has 2 amide bonds. The Hall–Kier alpha value is -2.23. The van der Waals surface area contributed by atoms with Crippen LogP contribution < -0.4 is 10.6 Å². The van der Waals surface area contributed by atoms with E-state index in [9.17, 15) is 18.0 Å². The number of carbonyl (C=O) groups is 2. The lowest BCUT2D eigenvalue weighted by molar-refractivity contribution is -0.125. The molecule has 1 saturated heterocycles. The number of aromatic nitrogens is 1. The van der Waals surface area contributed by atoms with E-state index in [-0.39, 0.29) is 47.4 Å². The van der Waals surface area contributed by atoms with Crippen LogP contribution in [0.3, 0.4) is 0 Å². The molecule has 27 heavy (non-hydrogen) atoms. The van der Waals surface area contributed by atoms with E-state index < -0.39 is 10.0 Å². The summed E-state index contributed by atoms with van der Waals surface area (Å²) in [7, 11) is -3.78. The number of hydrogen-bond acceptors (Lipinski definition) is 5. The average molecular weight is 411 g/mol. The summed E-state index contributed by atoms with van der Waals surface area (Å²) in [6.45, 7) is 1.63. The fraction of sp³-hybridized carbons (Fsp3) is 0.353. The molecule has 1 aromatic heterocycles. The van der Waals surface area contributed by atoms with Gasteiger partial charge in [0.25, 0.3) is 0 Å². The van der Waals surface area contributed by atoms with Gasteiger partial charge in [-0.2, -0.15) is 4.31 Å². The van der Waals surface area contributed by atoms with E-state index in [2.05, 4.69) is 15.6 Å². The van der Waals surface area contributed by atoms with Gasteiger partial charge in [-0.1, -0.05) is 23.7 Å². The molecule has 0 saturated carbocycles. The molecule has 0 spiro atoms. The quantitative estimate of drug-likeness (QED) is 0.761. The van der Waals surface area contributed by atoms with Crippen LogP contribution in [0.25, 0.3) is 10.8 Å². The molecule has 1 atom stereocenters. The number of pyridine rings is 1. The molecular weight excluding hydrogens is 392 g/mol. The average Bonchev–Trinajstić information content (AvgIpc) is 3.09. The molecule has 0 radical (unpaired) electrons. The molecule has 1 fully saturated rings. The normalized spacial score (nSPS) is 17.8. The summed E-state index contributed by atoms with van der Waals surface area (Å²) in [6.07, 6.45) is 3.47. The van der Waals surface area contributed by atoms with Crippen molar-refractivity contribution in [1.82, 2.24) is 19.9 Å². The van der Waals surface area contributed by atoms with Gasteiger partial charge in [-0.3, -0.25) is 14.6 Å². The topological polar surface area (TPSA) is 108 Å². The highest BCUT2D eigenvalue weighted by molar-refractivity contribution is 7.89. The monoisotopic (exact) mass is 410 g/mol. The van der Waals surface area contributed by atoms with Gasteiger partial charge in [0, 0.05) is 49.2 Å². The van der Waals surface area contributed by atoms with Crippen molar-refractivity contribution >= 4 is 44.2 Å². The first-order chi connectivity index (χ1) is 12.8. The van der Waals surface area contributed by atoms with Crippen LogP contribution in [0.5, 0.6) is 0 Å². The SMILES string of the molecule is CC(=O)NCC(=O)N[C@@H]1CCN(S(=O)(=O)c2cccc3cncc(Cl)c23)C1. The van der Waals surface area contributed by atoms with E-state index in [1.54, 1.807) is 18.3 Å². The van der Waals surface area contributed by atoms with Gasteiger partial charge in [-0.15, -0.1) is 0 Å². The van der Waals surface area contributed by atoms with Crippen LogP contribution in [0.4, 0.5) is 0 Å². The summed E-state index contributed by atoms with van der Waals surface area (Å²) in [5.41, 5.74) is 0. The van der Waals surface area contributed by atoms with Crippen LogP contribution in [-0.4, -0.2) is 55.2 Å². The number of nitrogens with zero attached hydrogens (tertiary/aromatic N) is 2. The number of hydrogen-bond donors (Lipinski definition) is 2. The number of fused-ring (bicyclic) bond motifs is 1. The minimum Gasteiger partial charge on any atom is -0.350 e. The number of benzene rings is 1. The Labute approximate surface area is 161 Å². The summed E-state index contributed by atoms with van der Waals surface area (Å²) >= 11 is 6.20. The maximum absolute atomic E-state index is 13.1. The maximum atomic E-state index is 13.1. The van der Waals surface area contributed by atoms with Crippen LogP contribution in [0, 0.1) is 0 Å². The molecule has 0 unspecified atom stereocenters. The van der Waals surface area contributed by atoms with Crippen molar-refractivity contribution in [3.63, 3.8) is 0 Å². The van der Waals surface area contributed by atoms with Crippen LogP contribution >= 0.6 is 11.6 Å². The van der Waals surface area contributed by atoms with Gasteiger partial charge in [0.2, 0.25) is 21.8 Å². The van der Waals surface area contributed by atoms with Crippen LogP contribution in [0.15, 0.2) is 35.5 Å². The van der Waals surface area contributed by atoms with Crippen molar-refractivity contribution in [3.05, 3.63) is 35.6 Å². The third-order valence-corrected chi connectivity index (χ3v) is 6.52. The molecule has 8 nitrogen and oxygen atoms in total. The molecule has 10 heteroatoms. The number of sulfonamides is 1. The number of nitrogens with one attached hydrogen (secondary N) is 2. The molecule has 0 bridgehead atoms. The minimum absolute atomic E-state index is 0.123. The van der Waals surface area contributed by atoms with Crippen LogP contribution in [0.1, 0.15) is 13.3 Å². The summed E-state index contributed by atoms with van der Waals surface area (Å²) in [4.78, 5) is 26.8. The largest absolute Gasteiger partial charge is 0.350 e. The van der Waals surface area contributed by atoms with Gasteiger partial charge >= 0.3 is 0 Å². The Bertz CT molecular complexity index is 990. The van der Waals surface area contributed by atoms with Crippen molar-refractivity contribution in [3.8, 4) is 0 Å². The van der Waals surface area contributed by atoms with Crippen LogP contribution in [0.2, 0.25) is 5.02 Å². The summed E-state index contributed by atoms with van der Waals surface area (Å²) in [5.74, 6) is -0.656. The predicted molar refractivity (Wildman–Crippen MR) is 101 cm³/mol. The van der Waals surface area contributed by atoms with E-state index in [0.29, 0.717) is 17.2 Å². The third kappa shape index (κ3) is 4.20. The van der Waals surface area contributed by atoms with Crippen LogP contribution in [-0.2, 0) is 19.6 Å². The minimum atomic E-state index is -3.78. The fourth-order valence-corrected chi connectivity index (χ4v) is 5.12. The Morgan fingerprint density at radius 1 is 1.33 bits per heavy atom. The fourth-order valence-electron chi connectivity index (χ4n) is 3.06. The van der Waals surface area contributed by atoms with Gasteiger partial charge < -0.3 is 10.6 Å². The lowest BCUT2D eigenvalue weighted by atomic mass is 10.2. The van der Waals surface area contributed by atoms with Gasteiger partial charge in [-0.25, -0.2) is 8.42 Å². The van der Waals surface area contributed by atoms with Gasteiger partial charge in [0.05, 0.1) is 16.5 Å². The molecule has 2 heterocycles. The molecule has 1 aromatic carbocycles. The lowest BCUT2D eigenvalue weighted by Crippen LogP contribution is -2.43. The molecule has 2 aromatic rings. The van der Waals surface area contributed by atoms with Gasteiger partial charge in [0.15, 0.2) is 0 Å². The molecule has 2 N–H and O–H groups in total. The Morgan fingerprint density at radius 2 is 2.11 bits per heavy atom. The standard InChI is InChI=1S/C17H19ClN4O4S/c1-11(23)20-9-16(24)21-13-5-6-22(10-13)27(25,26)15-4-2-3-12-7-19-8-14(18)17(12)15/h2-4,7-8,13H,5-6,9-10H2,1H3,(H,20,23)(H,21,24)/t13-/m1/s1. The third-order valence-electron chi connectivity index (χ3n) is 4.33. The van der Waals surface area contributed by atoms with Crippen molar-refractivity contribution < 1.29 is 18.0 Å². The zero-order chi connectivity index (χ0) is 19.6. The van der Waals surface area contributed by atoms with E-state index in [0.717, 1.165) is 0 Å². The Morgan fingerprint density at radius 3 is 2.85 bits per heavy atom. The molecular formula is C17H19ClN4O4S. The van der Waals surface area contributed by atoms with E-state index >= 15 is 0 Å². The van der Waals surface area contributed by atoms with E-state index in [4.69, 9.17) is 11.6 Å². The van der Waals surface area contributed by atoms with Gasteiger partial charge in [-0.05, 0) is 12.5 Å². The van der Waals surface area contributed by atoms with E-state index in [1.807, 2.05) is 0 Å². The van der Waals surface area contributed by atoms with Crippen molar-refractivity contribution in [2.24, 2.45) is 0 Å². The number of amides is 2. The number of carbonyl (C=O) groups excluding carboxylic acids is 2. The second kappa shape index (κ2) is 7.79. The zero-order valence-electron chi connectivity index (χ0n) is 14.6. The molecule has 3 rings (SSSR count). The second-order valence-electron chi connectivity index (χ2n) is 6.30. The predicted octanol–water partition coefficient (Wildman–Crippen LogP) is 0.904. The summed E-state index contributed by atoms with van der Waals surface area (Å²) < 4.78 is 27.6. The summed E-state index contributed by atoms with van der Waals surface area (Å²) in [5, 5.41) is 6.50. The van der Waals surface area contributed by atoms with Crippen molar-refractivity contribution in [1.29, 1.82) is 0 Å². The molecule has 144 valence electrons. The zero-order valence-corrected chi connectivity index (χ0v) is 16.2. The van der Waals surface area contributed by atoms with Crippen molar-refractivity contribution in [2.45, 2.75) is 24.3 Å². The molecule has 0 aliphatic carbocycles. The Kier molecular flexibility index (Phi) is 5.64. The Balaban J connectivity index is 1.78. The van der Waals surface area contributed by atoms with E-state index in [1.165, 1.54) is 23.5 Å². The molecule has 1 aliphatic heterocycles. The lowest BCUT2D eigenvalue weighted by Gasteiger charge is -2.18. The van der Waals surface area contributed by atoms with Crippen molar-refractivity contribution in [2.75, 3.05) is 19.6 Å². The highest BCUT2D eigenvalue weighted by Gasteiger charge is 2.34. The first kappa shape index (κ1) is 19.5. The smallest absolute Gasteiger partial charge is 0.243 e. The maximum Gasteiger partial charge on any atom is 0.243 e. The summed E-state index contributed by atoms with van der Waals surface area (Å²) in [6, 6.07) is 4.61.